The van der Waals surface area contributed by atoms with Gasteiger partial charge >= 0.3 is 5.69 Å². The van der Waals surface area contributed by atoms with Crippen LogP contribution in [-0.2, 0) is 18.9 Å². The predicted molar refractivity (Wildman–Crippen MR) is 115 cm³/mol. The molecule has 2 aliphatic heterocycles. The zero-order chi connectivity index (χ0) is 22.7. The lowest BCUT2D eigenvalue weighted by Gasteiger charge is -2.27. The molecule has 0 spiro atoms. The van der Waals surface area contributed by atoms with E-state index in [2.05, 4.69) is 4.99 Å². The van der Waals surface area contributed by atoms with Crippen LogP contribution in [0.25, 0.3) is 16.6 Å². The SMILES string of the molecule is CN1C=C(c2cc3c(cc2Oc2ccc(F)cc2F)n(C)c(=O)n3C)C2C=CN=C2C1=O. The summed E-state index contributed by atoms with van der Waals surface area (Å²) < 4.78 is 36.6. The van der Waals surface area contributed by atoms with Crippen molar-refractivity contribution in [3.63, 3.8) is 0 Å². The number of carbonyl (C=O) groups excluding carboxylic acids is 1. The van der Waals surface area contributed by atoms with Crippen molar-refractivity contribution in [3.8, 4) is 11.5 Å². The number of aromatic nitrogens is 2. The topological polar surface area (TPSA) is 68.8 Å². The lowest BCUT2D eigenvalue weighted by atomic mass is 9.86. The first-order valence-corrected chi connectivity index (χ1v) is 9.82. The molecule has 0 N–H and O–H groups in total. The van der Waals surface area contributed by atoms with Crippen LogP contribution < -0.4 is 10.4 Å². The van der Waals surface area contributed by atoms with Crippen LogP contribution >= 0.6 is 0 Å². The minimum absolute atomic E-state index is 0.162. The summed E-state index contributed by atoms with van der Waals surface area (Å²) in [5.74, 6) is -2.10. The van der Waals surface area contributed by atoms with Crippen LogP contribution in [0.15, 0.2) is 58.6 Å². The van der Waals surface area contributed by atoms with Crippen molar-refractivity contribution >= 4 is 28.2 Å². The second kappa shape index (κ2) is 7.01. The fourth-order valence-corrected chi connectivity index (χ4v) is 4.10. The molecule has 1 aromatic heterocycles. The third-order valence-electron chi connectivity index (χ3n) is 5.79. The van der Waals surface area contributed by atoms with Crippen molar-refractivity contribution in [1.29, 1.82) is 0 Å². The molecule has 3 heterocycles. The van der Waals surface area contributed by atoms with Crippen molar-refractivity contribution in [1.82, 2.24) is 14.0 Å². The summed E-state index contributed by atoms with van der Waals surface area (Å²) in [6.07, 6.45) is 5.04. The second-order valence-electron chi connectivity index (χ2n) is 7.75. The van der Waals surface area contributed by atoms with Gasteiger partial charge in [0, 0.05) is 51.2 Å². The number of nitrogens with zero attached hydrogens (tertiary/aromatic N) is 4. The number of rotatable bonds is 3. The standard InChI is InChI=1S/C23H18F2N4O3/c1-27-11-15(13-6-7-26-21(13)22(27)30)14-9-17-18(29(3)23(31)28(17)2)10-20(14)32-19-5-4-12(24)8-16(19)25/h4-11,13H,1-3H3. The molecule has 0 saturated heterocycles. The summed E-state index contributed by atoms with van der Waals surface area (Å²) in [4.78, 5) is 30.6. The van der Waals surface area contributed by atoms with Gasteiger partial charge in [-0.25, -0.2) is 13.6 Å². The molecule has 9 heteroatoms. The Bertz CT molecular complexity index is 1460. The fraction of sp³-hybridized carbons (Fsp3) is 0.174. The minimum Gasteiger partial charge on any atom is -0.454 e. The zero-order valence-corrected chi connectivity index (χ0v) is 17.5. The number of carbonyl (C=O) groups is 1. The van der Waals surface area contributed by atoms with Crippen LogP contribution in [0, 0.1) is 17.6 Å². The lowest BCUT2D eigenvalue weighted by molar-refractivity contribution is -0.121. The number of hydrogen-bond donors (Lipinski definition) is 0. The van der Waals surface area contributed by atoms with E-state index < -0.39 is 17.6 Å². The molecule has 32 heavy (non-hydrogen) atoms. The summed E-state index contributed by atoms with van der Waals surface area (Å²) >= 11 is 0. The number of fused-ring (bicyclic) bond motifs is 2. The maximum atomic E-state index is 14.4. The Morgan fingerprint density at radius 1 is 0.969 bits per heavy atom. The number of benzene rings is 2. The molecule has 2 aromatic carbocycles. The molecule has 7 nitrogen and oxygen atoms in total. The van der Waals surface area contributed by atoms with Crippen molar-refractivity contribution in [2.45, 2.75) is 0 Å². The summed E-state index contributed by atoms with van der Waals surface area (Å²) in [6, 6.07) is 6.46. The van der Waals surface area contributed by atoms with E-state index in [0.717, 1.165) is 12.1 Å². The van der Waals surface area contributed by atoms with Gasteiger partial charge in [0.05, 0.1) is 17.0 Å². The molecule has 3 aromatic rings. The maximum Gasteiger partial charge on any atom is 0.328 e. The number of halogens is 2. The Kier molecular flexibility index (Phi) is 4.37. The molecule has 0 bridgehead atoms. The van der Waals surface area contributed by atoms with Gasteiger partial charge in [-0.05, 0) is 23.8 Å². The summed E-state index contributed by atoms with van der Waals surface area (Å²) in [5.41, 5.74) is 2.62. The van der Waals surface area contributed by atoms with Gasteiger partial charge in [0.25, 0.3) is 5.91 Å². The van der Waals surface area contributed by atoms with E-state index in [1.165, 1.54) is 20.1 Å². The van der Waals surface area contributed by atoms with Gasteiger partial charge in [0.15, 0.2) is 11.6 Å². The first kappa shape index (κ1) is 19.9. The van der Waals surface area contributed by atoms with E-state index in [4.69, 9.17) is 4.74 Å². The van der Waals surface area contributed by atoms with Crippen molar-refractivity contribution in [2.24, 2.45) is 25.0 Å². The molecular weight excluding hydrogens is 418 g/mol. The number of aliphatic imine (C=N–C) groups is 1. The number of imidazole rings is 1. The third-order valence-corrected chi connectivity index (χ3v) is 5.79. The molecule has 1 atom stereocenters. The molecule has 0 saturated carbocycles. The van der Waals surface area contributed by atoms with Gasteiger partial charge in [-0.15, -0.1) is 0 Å². The van der Waals surface area contributed by atoms with Crippen molar-refractivity contribution in [2.75, 3.05) is 7.05 Å². The van der Waals surface area contributed by atoms with E-state index in [0.29, 0.717) is 27.9 Å². The molecule has 0 fully saturated rings. The molecule has 0 aliphatic carbocycles. The Morgan fingerprint density at radius 3 is 2.41 bits per heavy atom. The predicted octanol–water partition coefficient (Wildman–Crippen LogP) is 3.34. The van der Waals surface area contributed by atoms with Crippen LogP contribution in [0.3, 0.4) is 0 Å². The Morgan fingerprint density at radius 2 is 1.69 bits per heavy atom. The van der Waals surface area contributed by atoms with E-state index in [-0.39, 0.29) is 23.1 Å². The van der Waals surface area contributed by atoms with Gasteiger partial charge in [-0.2, -0.15) is 0 Å². The van der Waals surface area contributed by atoms with Gasteiger partial charge in [-0.3, -0.25) is 18.9 Å². The second-order valence-corrected chi connectivity index (χ2v) is 7.75. The number of amides is 1. The lowest BCUT2D eigenvalue weighted by Crippen LogP contribution is -2.37. The highest BCUT2D eigenvalue weighted by atomic mass is 19.1. The highest BCUT2D eigenvalue weighted by molar-refractivity contribution is 6.44. The van der Waals surface area contributed by atoms with E-state index in [9.17, 15) is 18.4 Å². The molecule has 0 radical (unpaired) electrons. The number of ether oxygens (including phenoxy) is 1. The van der Waals surface area contributed by atoms with E-state index in [1.54, 1.807) is 51.8 Å². The average Bonchev–Trinajstić information content (AvgIpc) is 3.33. The largest absolute Gasteiger partial charge is 0.454 e. The quantitative estimate of drug-likeness (QED) is 0.633. The van der Waals surface area contributed by atoms with Crippen molar-refractivity contribution in [3.05, 3.63) is 76.5 Å². The molecule has 162 valence electrons. The molecule has 5 rings (SSSR count). The summed E-state index contributed by atoms with van der Waals surface area (Å²) in [7, 11) is 4.90. The number of allylic oxidation sites excluding steroid dienone is 2. The maximum absolute atomic E-state index is 14.4. The molecule has 1 amide bonds. The first-order chi connectivity index (χ1) is 15.3. The molecular formula is C23H18F2N4O3. The van der Waals surface area contributed by atoms with Crippen LogP contribution in [-0.4, -0.2) is 32.7 Å². The van der Waals surface area contributed by atoms with Gasteiger partial charge in [-0.1, -0.05) is 6.08 Å². The van der Waals surface area contributed by atoms with Crippen molar-refractivity contribution < 1.29 is 18.3 Å². The Hall–Kier alpha value is -4.01. The van der Waals surface area contributed by atoms with Crippen LogP contribution in [0.5, 0.6) is 11.5 Å². The molecule has 2 aliphatic rings. The monoisotopic (exact) mass is 436 g/mol. The van der Waals surface area contributed by atoms with Crippen LogP contribution in [0.2, 0.25) is 0 Å². The van der Waals surface area contributed by atoms with Gasteiger partial charge in [0.1, 0.15) is 17.3 Å². The summed E-state index contributed by atoms with van der Waals surface area (Å²) in [5, 5.41) is 0. The normalized spacial score (nSPS) is 17.6. The van der Waals surface area contributed by atoms with Gasteiger partial charge in [0.2, 0.25) is 0 Å². The van der Waals surface area contributed by atoms with Gasteiger partial charge < -0.3 is 9.64 Å². The zero-order valence-electron chi connectivity index (χ0n) is 17.5. The smallest absolute Gasteiger partial charge is 0.328 e. The third kappa shape index (κ3) is 2.89. The Balaban J connectivity index is 1.76. The highest BCUT2D eigenvalue weighted by Gasteiger charge is 2.35. The molecule has 1 unspecified atom stereocenters. The number of hydrogen-bond acceptors (Lipinski definition) is 4. The highest BCUT2D eigenvalue weighted by Crippen LogP contribution is 2.41. The van der Waals surface area contributed by atoms with E-state index in [1.807, 2.05) is 0 Å². The van der Waals surface area contributed by atoms with E-state index >= 15 is 0 Å². The van der Waals surface area contributed by atoms with Crippen LogP contribution in [0.4, 0.5) is 8.78 Å². The fourth-order valence-electron chi connectivity index (χ4n) is 4.10. The van der Waals surface area contributed by atoms with Crippen LogP contribution in [0.1, 0.15) is 5.56 Å². The minimum atomic E-state index is -0.856. The average molecular weight is 436 g/mol. The summed E-state index contributed by atoms with van der Waals surface area (Å²) in [6.45, 7) is 0. The first-order valence-electron chi connectivity index (χ1n) is 9.82. The number of aryl methyl sites for hydroxylation is 2. The Labute approximate surface area is 181 Å².